The van der Waals surface area contributed by atoms with Gasteiger partial charge in [0.1, 0.15) is 0 Å². The summed E-state index contributed by atoms with van der Waals surface area (Å²) in [7, 11) is 1.78. The number of hydrogen-bond acceptors (Lipinski definition) is 3. The van der Waals surface area contributed by atoms with Crippen molar-refractivity contribution in [1.29, 1.82) is 0 Å². The second-order valence-corrected chi connectivity index (χ2v) is 5.37. The highest BCUT2D eigenvalue weighted by Crippen LogP contribution is 2.33. The van der Waals surface area contributed by atoms with Crippen LogP contribution in [0.1, 0.15) is 31.9 Å². The topological polar surface area (TPSA) is 61.4 Å². The molecule has 0 radical (unpaired) electrons. The van der Waals surface area contributed by atoms with Crippen molar-refractivity contribution in [3.63, 3.8) is 0 Å². The van der Waals surface area contributed by atoms with E-state index in [2.05, 4.69) is 10.6 Å². The SMILES string of the molecule is CC(C)NC(=O)CNC1CC(=O)N(C)c2ccccc21. The Labute approximate surface area is 119 Å². The predicted octanol–water partition coefficient (Wildman–Crippen LogP) is 1.21. The standard InChI is InChI=1S/C15H21N3O2/c1-10(2)17-14(19)9-16-12-8-15(20)18(3)13-7-5-4-6-11(12)13/h4-7,10,12,16H,8-9H2,1-3H3,(H,17,19). The molecule has 0 saturated carbocycles. The molecule has 20 heavy (non-hydrogen) atoms. The number of benzene rings is 1. The van der Waals surface area contributed by atoms with Crippen LogP contribution in [0.25, 0.3) is 0 Å². The number of para-hydroxylation sites is 1. The molecular formula is C15H21N3O2. The summed E-state index contributed by atoms with van der Waals surface area (Å²) in [6.45, 7) is 4.06. The molecule has 2 rings (SSSR count). The fraction of sp³-hybridized carbons (Fsp3) is 0.467. The Hall–Kier alpha value is -1.88. The third-order valence-corrected chi connectivity index (χ3v) is 3.39. The van der Waals surface area contributed by atoms with E-state index in [9.17, 15) is 9.59 Å². The minimum Gasteiger partial charge on any atom is -0.353 e. The number of nitrogens with zero attached hydrogens (tertiary/aromatic N) is 1. The molecule has 1 aliphatic heterocycles. The van der Waals surface area contributed by atoms with Crippen LogP contribution >= 0.6 is 0 Å². The summed E-state index contributed by atoms with van der Waals surface area (Å²) in [4.78, 5) is 25.3. The summed E-state index contributed by atoms with van der Waals surface area (Å²) in [6.07, 6.45) is 0.377. The van der Waals surface area contributed by atoms with Crippen LogP contribution in [0.4, 0.5) is 5.69 Å². The van der Waals surface area contributed by atoms with Crippen molar-refractivity contribution in [2.45, 2.75) is 32.4 Å². The second-order valence-electron chi connectivity index (χ2n) is 5.37. The molecule has 1 aromatic rings. The maximum atomic E-state index is 12.0. The molecule has 1 heterocycles. The van der Waals surface area contributed by atoms with E-state index >= 15 is 0 Å². The Kier molecular flexibility index (Phi) is 4.39. The predicted molar refractivity (Wildman–Crippen MR) is 78.5 cm³/mol. The Bertz CT molecular complexity index is 514. The van der Waals surface area contributed by atoms with Crippen LogP contribution in [0.15, 0.2) is 24.3 Å². The highest BCUT2D eigenvalue weighted by molar-refractivity contribution is 5.96. The minimum absolute atomic E-state index is 0.0520. The summed E-state index contributed by atoms with van der Waals surface area (Å²) in [6, 6.07) is 7.80. The number of rotatable bonds is 4. The Morgan fingerprint density at radius 2 is 2.10 bits per heavy atom. The zero-order valence-corrected chi connectivity index (χ0v) is 12.1. The van der Waals surface area contributed by atoms with Gasteiger partial charge in [-0.15, -0.1) is 0 Å². The number of nitrogens with one attached hydrogen (secondary N) is 2. The summed E-state index contributed by atoms with van der Waals surface area (Å²) >= 11 is 0. The third kappa shape index (κ3) is 3.17. The molecule has 0 saturated heterocycles. The number of hydrogen-bond donors (Lipinski definition) is 2. The first-order chi connectivity index (χ1) is 9.49. The van der Waals surface area contributed by atoms with Crippen molar-refractivity contribution in [3.05, 3.63) is 29.8 Å². The van der Waals surface area contributed by atoms with Gasteiger partial charge >= 0.3 is 0 Å². The van der Waals surface area contributed by atoms with Gasteiger partial charge in [-0.25, -0.2) is 0 Å². The van der Waals surface area contributed by atoms with Gasteiger partial charge in [0.15, 0.2) is 0 Å². The molecule has 0 spiro atoms. The van der Waals surface area contributed by atoms with Crippen molar-refractivity contribution in [2.24, 2.45) is 0 Å². The van der Waals surface area contributed by atoms with Gasteiger partial charge in [0, 0.05) is 31.2 Å². The highest BCUT2D eigenvalue weighted by atomic mass is 16.2. The number of carbonyl (C=O) groups is 2. The average Bonchev–Trinajstić information content (AvgIpc) is 2.40. The molecular weight excluding hydrogens is 254 g/mol. The smallest absolute Gasteiger partial charge is 0.234 e. The molecule has 2 amide bonds. The molecule has 0 aliphatic carbocycles. The molecule has 5 nitrogen and oxygen atoms in total. The van der Waals surface area contributed by atoms with Gasteiger partial charge in [0.2, 0.25) is 11.8 Å². The van der Waals surface area contributed by atoms with Crippen LogP contribution in [0, 0.1) is 0 Å². The van der Waals surface area contributed by atoms with E-state index in [-0.39, 0.29) is 30.4 Å². The van der Waals surface area contributed by atoms with Gasteiger partial charge in [0.25, 0.3) is 0 Å². The van der Waals surface area contributed by atoms with E-state index in [1.54, 1.807) is 11.9 Å². The van der Waals surface area contributed by atoms with Crippen molar-refractivity contribution in [1.82, 2.24) is 10.6 Å². The van der Waals surface area contributed by atoms with Crippen LogP contribution in [-0.2, 0) is 9.59 Å². The lowest BCUT2D eigenvalue weighted by molar-refractivity contribution is -0.122. The van der Waals surface area contributed by atoms with E-state index in [1.807, 2.05) is 38.1 Å². The molecule has 0 bridgehead atoms. The monoisotopic (exact) mass is 275 g/mol. The van der Waals surface area contributed by atoms with E-state index in [0.717, 1.165) is 11.3 Å². The van der Waals surface area contributed by atoms with Crippen LogP contribution in [0.3, 0.4) is 0 Å². The van der Waals surface area contributed by atoms with E-state index in [4.69, 9.17) is 0 Å². The fourth-order valence-corrected chi connectivity index (χ4v) is 2.41. The summed E-state index contributed by atoms with van der Waals surface area (Å²) in [5.74, 6) is 0.00864. The third-order valence-electron chi connectivity index (χ3n) is 3.39. The van der Waals surface area contributed by atoms with Gasteiger partial charge in [-0.1, -0.05) is 18.2 Å². The molecule has 108 valence electrons. The molecule has 5 heteroatoms. The van der Waals surface area contributed by atoms with Gasteiger partial charge in [0.05, 0.1) is 6.54 Å². The van der Waals surface area contributed by atoms with Crippen molar-refractivity contribution >= 4 is 17.5 Å². The zero-order chi connectivity index (χ0) is 14.7. The molecule has 1 unspecified atom stereocenters. The summed E-state index contributed by atoms with van der Waals surface area (Å²) in [5, 5.41) is 6.00. The lowest BCUT2D eigenvalue weighted by atomic mass is 9.96. The second kappa shape index (κ2) is 6.05. The maximum absolute atomic E-state index is 12.0. The van der Waals surface area contributed by atoms with Crippen LogP contribution in [-0.4, -0.2) is 31.4 Å². The Balaban J connectivity index is 2.07. The van der Waals surface area contributed by atoms with Crippen LogP contribution in [0.2, 0.25) is 0 Å². The van der Waals surface area contributed by atoms with Gasteiger partial charge in [-0.2, -0.15) is 0 Å². The van der Waals surface area contributed by atoms with Crippen molar-refractivity contribution < 1.29 is 9.59 Å². The number of amides is 2. The van der Waals surface area contributed by atoms with E-state index in [0.29, 0.717) is 6.42 Å². The highest BCUT2D eigenvalue weighted by Gasteiger charge is 2.28. The van der Waals surface area contributed by atoms with E-state index in [1.165, 1.54) is 0 Å². The van der Waals surface area contributed by atoms with Gasteiger partial charge in [-0.3, -0.25) is 9.59 Å². The lowest BCUT2D eigenvalue weighted by Gasteiger charge is -2.32. The molecule has 1 aliphatic rings. The Morgan fingerprint density at radius 1 is 1.40 bits per heavy atom. The first-order valence-corrected chi connectivity index (χ1v) is 6.87. The Morgan fingerprint density at radius 3 is 2.80 bits per heavy atom. The van der Waals surface area contributed by atoms with Crippen LogP contribution in [0.5, 0.6) is 0 Å². The maximum Gasteiger partial charge on any atom is 0.234 e. The van der Waals surface area contributed by atoms with E-state index < -0.39 is 0 Å². The van der Waals surface area contributed by atoms with Crippen molar-refractivity contribution in [2.75, 3.05) is 18.5 Å². The molecule has 1 aromatic carbocycles. The summed E-state index contributed by atoms with van der Waals surface area (Å²) in [5.41, 5.74) is 1.97. The van der Waals surface area contributed by atoms with Gasteiger partial charge in [-0.05, 0) is 25.5 Å². The first kappa shape index (κ1) is 14.5. The van der Waals surface area contributed by atoms with Crippen molar-refractivity contribution in [3.8, 4) is 0 Å². The molecule has 0 fully saturated rings. The largest absolute Gasteiger partial charge is 0.353 e. The molecule has 0 aromatic heterocycles. The number of fused-ring (bicyclic) bond motifs is 1. The lowest BCUT2D eigenvalue weighted by Crippen LogP contribution is -2.42. The summed E-state index contributed by atoms with van der Waals surface area (Å²) < 4.78 is 0. The molecule has 1 atom stereocenters. The fourth-order valence-electron chi connectivity index (χ4n) is 2.41. The quantitative estimate of drug-likeness (QED) is 0.868. The normalized spacial score (nSPS) is 18.1. The molecule has 2 N–H and O–H groups in total. The number of carbonyl (C=O) groups excluding carboxylic acids is 2. The van der Waals surface area contributed by atoms with Gasteiger partial charge < -0.3 is 15.5 Å². The minimum atomic E-state index is -0.104. The number of anilines is 1. The average molecular weight is 275 g/mol. The first-order valence-electron chi connectivity index (χ1n) is 6.87. The zero-order valence-electron chi connectivity index (χ0n) is 12.1. The van der Waals surface area contributed by atoms with Crippen LogP contribution < -0.4 is 15.5 Å².